The molecule has 5 heteroatoms. The monoisotopic (exact) mass is 208 g/mol. The highest BCUT2D eigenvalue weighted by Crippen LogP contribution is 2.14. The Morgan fingerprint density at radius 3 is 2.86 bits per heavy atom. The van der Waals surface area contributed by atoms with Crippen molar-refractivity contribution in [3.63, 3.8) is 0 Å². The molecule has 0 spiro atoms. The van der Waals surface area contributed by atoms with Crippen molar-refractivity contribution in [1.29, 1.82) is 0 Å². The Balaban J connectivity index is 2.27. The second-order valence-electron chi connectivity index (χ2n) is 3.90. The lowest BCUT2D eigenvalue weighted by molar-refractivity contribution is 0.0196. The first-order valence-electron chi connectivity index (χ1n) is 4.89. The van der Waals surface area contributed by atoms with Crippen molar-refractivity contribution in [2.75, 3.05) is 33.4 Å². The maximum Gasteiger partial charge on any atom is 0.251 e. The van der Waals surface area contributed by atoms with Crippen LogP contribution in [0.2, 0.25) is 0 Å². The summed E-state index contributed by atoms with van der Waals surface area (Å²) in [7, 11) is 1.69. The summed E-state index contributed by atoms with van der Waals surface area (Å²) in [5, 5.41) is 0. The molecule has 0 bridgehead atoms. The van der Waals surface area contributed by atoms with Crippen molar-refractivity contribution in [2.45, 2.75) is 18.9 Å². The van der Waals surface area contributed by atoms with Crippen molar-refractivity contribution in [2.24, 2.45) is 11.7 Å². The van der Waals surface area contributed by atoms with Gasteiger partial charge in [-0.3, -0.25) is 0 Å². The number of hydrogen-bond donors (Lipinski definition) is 1. The Bertz CT molecular complexity index is 169. The molecule has 1 aliphatic rings. The van der Waals surface area contributed by atoms with Crippen LogP contribution in [0.5, 0.6) is 0 Å². The van der Waals surface area contributed by atoms with Crippen LogP contribution in [0.15, 0.2) is 0 Å². The van der Waals surface area contributed by atoms with Crippen molar-refractivity contribution in [3.05, 3.63) is 0 Å². The first-order valence-corrected chi connectivity index (χ1v) is 4.89. The third kappa shape index (κ3) is 3.86. The van der Waals surface area contributed by atoms with Gasteiger partial charge in [-0.05, 0) is 13.5 Å². The Labute approximate surface area is 83.2 Å². The van der Waals surface area contributed by atoms with E-state index < -0.39 is 6.43 Å². The van der Waals surface area contributed by atoms with Gasteiger partial charge in [-0.25, -0.2) is 8.78 Å². The van der Waals surface area contributed by atoms with Gasteiger partial charge in [0.05, 0.1) is 13.2 Å². The van der Waals surface area contributed by atoms with Gasteiger partial charge in [0.25, 0.3) is 6.43 Å². The maximum atomic E-state index is 12.0. The summed E-state index contributed by atoms with van der Waals surface area (Å²) in [6.45, 7) is 1.68. The molecule has 0 radical (unpaired) electrons. The SMILES string of the molecule is CN(CC(F)F)CC1COCCC1N. The molecular formula is C9H18F2N2O. The predicted molar refractivity (Wildman–Crippen MR) is 50.4 cm³/mol. The number of hydrogen-bond acceptors (Lipinski definition) is 3. The number of nitrogens with two attached hydrogens (primary N) is 1. The summed E-state index contributed by atoms with van der Waals surface area (Å²) in [6, 6.07) is 0.0869. The molecule has 2 N–H and O–H groups in total. The van der Waals surface area contributed by atoms with Crippen molar-refractivity contribution >= 4 is 0 Å². The summed E-state index contributed by atoms with van der Waals surface area (Å²) < 4.78 is 29.3. The van der Waals surface area contributed by atoms with Gasteiger partial charge in [0.15, 0.2) is 0 Å². The van der Waals surface area contributed by atoms with Gasteiger partial charge in [-0.2, -0.15) is 0 Å². The molecule has 1 fully saturated rings. The van der Waals surface area contributed by atoms with E-state index >= 15 is 0 Å². The van der Waals surface area contributed by atoms with Crippen LogP contribution in [0.4, 0.5) is 8.78 Å². The zero-order valence-electron chi connectivity index (χ0n) is 8.46. The van der Waals surface area contributed by atoms with Crippen LogP contribution in [-0.2, 0) is 4.74 Å². The van der Waals surface area contributed by atoms with E-state index in [1.807, 2.05) is 0 Å². The van der Waals surface area contributed by atoms with Gasteiger partial charge in [-0.15, -0.1) is 0 Å². The van der Waals surface area contributed by atoms with E-state index in [1.165, 1.54) is 0 Å². The minimum atomic E-state index is -2.28. The standard InChI is InChI=1S/C9H18F2N2O/c1-13(5-9(10)11)4-7-6-14-3-2-8(7)12/h7-9H,2-6,12H2,1H3. The Hall–Kier alpha value is -0.260. The molecule has 1 heterocycles. The molecule has 2 atom stereocenters. The fourth-order valence-corrected chi connectivity index (χ4v) is 1.71. The molecule has 84 valence electrons. The summed E-state index contributed by atoms with van der Waals surface area (Å²) >= 11 is 0. The second kappa shape index (κ2) is 5.58. The average molecular weight is 208 g/mol. The van der Waals surface area contributed by atoms with E-state index in [0.717, 1.165) is 6.42 Å². The Kier molecular flexibility index (Phi) is 4.71. The molecular weight excluding hydrogens is 190 g/mol. The first kappa shape index (κ1) is 11.8. The molecule has 3 nitrogen and oxygen atoms in total. The Morgan fingerprint density at radius 2 is 2.29 bits per heavy atom. The second-order valence-corrected chi connectivity index (χ2v) is 3.90. The zero-order valence-corrected chi connectivity index (χ0v) is 8.46. The lowest BCUT2D eigenvalue weighted by Gasteiger charge is -2.31. The quantitative estimate of drug-likeness (QED) is 0.733. The van der Waals surface area contributed by atoms with E-state index in [0.29, 0.717) is 19.8 Å². The molecule has 1 saturated heterocycles. The summed E-state index contributed by atoms with van der Waals surface area (Å²) in [5.41, 5.74) is 5.86. The Morgan fingerprint density at radius 1 is 1.57 bits per heavy atom. The van der Waals surface area contributed by atoms with Crippen LogP contribution in [-0.4, -0.2) is 50.7 Å². The molecule has 1 aliphatic heterocycles. The van der Waals surface area contributed by atoms with Crippen LogP contribution < -0.4 is 5.73 Å². The van der Waals surface area contributed by atoms with Crippen molar-refractivity contribution in [1.82, 2.24) is 4.90 Å². The third-order valence-corrected chi connectivity index (χ3v) is 2.53. The lowest BCUT2D eigenvalue weighted by Crippen LogP contribution is -2.45. The topological polar surface area (TPSA) is 38.5 Å². The molecule has 14 heavy (non-hydrogen) atoms. The predicted octanol–water partition coefficient (Wildman–Crippen LogP) is 0.547. The van der Waals surface area contributed by atoms with Crippen LogP contribution >= 0.6 is 0 Å². The summed E-state index contributed by atoms with van der Waals surface area (Å²) in [6.07, 6.45) is -1.45. The molecule has 0 aromatic heterocycles. The number of alkyl halides is 2. The fraction of sp³-hybridized carbons (Fsp3) is 1.00. The van der Waals surface area contributed by atoms with E-state index in [9.17, 15) is 8.78 Å². The lowest BCUT2D eigenvalue weighted by atomic mass is 9.96. The van der Waals surface area contributed by atoms with E-state index in [4.69, 9.17) is 10.5 Å². The summed E-state index contributed by atoms with van der Waals surface area (Å²) in [4.78, 5) is 1.61. The van der Waals surface area contributed by atoms with E-state index in [2.05, 4.69) is 0 Å². The third-order valence-electron chi connectivity index (χ3n) is 2.53. The number of ether oxygens (including phenoxy) is 1. The van der Waals surface area contributed by atoms with Gasteiger partial charge in [0, 0.05) is 25.1 Å². The highest BCUT2D eigenvalue weighted by Gasteiger charge is 2.24. The average Bonchev–Trinajstić information content (AvgIpc) is 2.07. The number of halogens is 2. The highest BCUT2D eigenvalue weighted by molar-refractivity contribution is 4.78. The normalized spacial score (nSPS) is 28.7. The van der Waals surface area contributed by atoms with Gasteiger partial charge >= 0.3 is 0 Å². The van der Waals surface area contributed by atoms with Gasteiger partial charge in [-0.1, -0.05) is 0 Å². The molecule has 0 amide bonds. The largest absolute Gasteiger partial charge is 0.381 e. The molecule has 0 aliphatic carbocycles. The molecule has 2 unspecified atom stereocenters. The van der Waals surface area contributed by atoms with E-state index in [-0.39, 0.29) is 18.5 Å². The fourth-order valence-electron chi connectivity index (χ4n) is 1.71. The molecule has 0 aromatic rings. The maximum absolute atomic E-state index is 12.0. The van der Waals surface area contributed by atoms with Crippen molar-refractivity contribution in [3.8, 4) is 0 Å². The van der Waals surface area contributed by atoms with Crippen LogP contribution in [0.1, 0.15) is 6.42 Å². The smallest absolute Gasteiger partial charge is 0.251 e. The molecule has 0 aromatic carbocycles. The van der Waals surface area contributed by atoms with Gasteiger partial charge in [0.2, 0.25) is 0 Å². The molecule has 1 rings (SSSR count). The minimum absolute atomic E-state index is 0.0869. The van der Waals surface area contributed by atoms with E-state index in [1.54, 1.807) is 11.9 Å². The van der Waals surface area contributed by atoms with Gasteiger partial charge in [0.1, 0.15) is 0 Å². The molecule has 0 saturated carbocycles. The minimum Gasteiger partial charge on any atom is -0.381 e. The number of rotatable bonds is 4. The highest BCUT2D eigenvalue weighted by atomic mass is 19.3. The van der Waals surface area contributed by atoms with Crippen LogP contribution in [0.3, 0.4) is 0 Å². The zero-order chi connectivity index (χ0) is 10.6. The van der Waals surface area contributed by atoms with Crippen LogP contribution in [0.25, 0.3) is 0 Å². The first-order chi connectivity index (χ1) is 6.59. The van der Waals surface area contributed by atoms with Gasteiger partial charge < -0.3 is 15.4 Å². The summed E-state index contributed by atoms with van der Waals surface area (Å²) in [5.74, 6) is 0.187. The van der Waals surface area contributed by atoms with Crippen LogP contribution in [0, 0.1) is 5.92 Å². The van der Waals surface area contributed by atoms with Crippen molar-refractivity contribution < 1.29 is 13.5 Å². The number of nitrogens with zero attached hydrogens (tertiary/aromatic N) is 1.